The summed E-state index contributed by atoms with van der Waals surface area (Å²) in [6, 6.07) is 0.0814. The molecule has 1 aliphatic carbocycles. The fourth-order valence-electron chi connectivity index (χ4n) is 3.93. The van der Waals surface area contributed by atoms with Gasteiger partial charge in [0, 0.05) is 45.3 Å². The second-order valence-corrected chi connectivity index (χ2v) is 7.33. The number of fused-ring (bicyclic) bond motifs is 2. The van der Waals surface area contributed by atoms with Crippen LogP contribution in [-0.2, 0) is 11.8 Å². The number of anilines is 1. The number of urea groups is 1. The van der Waals surface area contributed by atoms with Gasteiger partial charge in [-0.15, -0.1) is 0 Å². The normalized spacial score (nSPS) is 22.5. The lowest BCUT2D eigenvalue weighted by molar-refractivity contribution is 0.147. The minimum absolute atomic E-state index is 0.0172. The van der Waals surface area contributed by atoms with Crippen LogP contribution in [0.1, 0.15) is 50.3 Å². The highest BCUT2D eigenvalue weighted by Gasteiger charge is 2.44. The SMILES string of the molecule is CCCCNC(=O)N1CCCC2(CCc3cnc(N(C)C)nc32)C1. The van der Waals surface area contributed by atoms with E-state index in [0.29, 0.717) is 0 Å². The molecular weight excluding hydrogens is 302 g/mol. The minimum Gasteiger partial charge on any atom is -0.347 e. The van der Waals surface area contributed by atoms with Crippen LogP contribution < -0.4 is 10.2 Å². The van der Waals surface area contributed by atoms with E-state index >= 15 is 0 Å². The molecule has 1 saturated heterocycles. The maximum Gasteiger partial charge on any atom is 0.317 e. The van der Waals surface area contributed by atoms with Crippen molar-refractivity contribution in [1.82, 2.24) is 20.2 Å². The number of likely N-dealkylation sites (tertiary alicyclic amines) is 1. The Bertz CT molecular complexity index is 599. The third kappa shape index (κ3) is 3.19. The van der Waals surface area contributed by atoms with Gasteiger partial charge in [0.05, 0.1) is 5.69 Å². The number of hydrogen-bond donors (Lipinski definition) is 1. The summed E-state index contributed by atoms with van der Waals surface area (Å²) in [6.07, 6.45) is 8.37. The molecule has 1 fully saturated rings. The van der Waals surface area contributed by atoms with E-state index < -0.39 is 0 Å². The molecule has 2 heterocycles. The molecule has 0 bridgehead atoms. The number of piperidine rings is 1. The van der Waals surface area contributed by atoms with Crippen LogP contribution in [0.15, 0.2) is 6.20 Å². The Morgan fingerprint density at radius 2 is 2.25 bits per heavy atom. The van der Waals surface area contributed by atoms with E-state index in [1.54, 1.807) is 0 Å². The Morgan fingerprint density at radius 3 is 3.00 bits per heavy atom. The molecule has 0 saturated carbocycles. The van der Waals surface area contributed by atoms with E-state index in [1.165, 1.54) is 11.3 Å². The summed E-state index contributed by atoms with van der Waals surface area (Å²) in [7, 11) is 3.94. The van der Waals surface area contributed by atoms with Crippen LogP contribution in [0.4, 0.5) is 10.7 Å². The van der Waals surface area contributed by atoms with Crippen molar-refractivity contribution in [3.05, 3.63) is 17.5 Å². The maximum absolute atomic E-state index is 12.5. The summed E-state index contributed by atoms with van der Waals surface area (Å²) in [4.78, 5) is 25.7. The first kappa shape index (κ1) is 17.0. The number of hydrogen-bond acceptors (Lipinski definition) is 4. The van der Waals surface area contributed by atoms with E-state index in [4.69, 9.17) is 4.98 Å². The van der Waals surface area contributed by atoms with Gasteiger partial charge in [0.15, 0.2) is 0 Å². The van der Waals surface area contributed by atoms with Crippen molar-refractivity contribution < 1.29 is 4.79 Å². The van der Waals surface area contributed by atoms with Crippen LogP contribution in [-0.4, -0.2) is 54.6 Å². The summed E-state index contributed by atoms with van der Waals surface area (Å²) in [5.41, 5.74) is 2.45. The second-order valence-electron chi connectivity index (χ2n) is 7.33. The molecule has 1 aliphatic heterocycles. The zero-order valence-corrected chi connectivity index (χ0v) is 15.1. The highest BCUT2D eigenvalue weighted by atomic mass is 16.2. The Kier molecular flexibility index (Phi) is 4.92. The van der Waals surface area contributed by atoms with E-state index in [-0.39, 0.29) is 11.4 Å². The maximum atomic E-state index is 12.5. The third-order valence-corrected chi connectivity index (χ3v) is 5.30. The lowest BCUT2D eigenvalue weighted by atomic mass is 9.77. The summed E-state index contributed by atoms with van der Waals surface area (Å²) in [5.74, 6) is 0.763. The van der Waals surface area contributed by atoms with Gasteiger partial charge in [-0.2, -0.15) is 0 Å². The molecule has 2 amide bonds. The summed E-state index contributed by atoms with van der Waals surface area (Å²) < 4.78 is 0. The third-order valence-electron chi connectivity index (χ3n) is 5.30. The van der Waals surface area contributed by atoms with Gasteiger partial charge in [-0.25, -0.2) is 14.8 Å². The van der Waals surface area contributed by atoms with E-state index in [2.05, 4.69) is 17.2 Å². The molecular formula is C18H29N5O. The zero-order valence-electron chi connectivity index (χ0n) is 15.1. The van der Waals surface area contributed by atoms with Crippen molar-refractivity contribution in [1.29, 1.82) is 0 Å². The second kappa shape index (κ2) is 6.95. The van der Waals surface area contributed by atoms with Gasteiger partial charge in [0.2, 0.25) is 5.95 Å². The lowest BCUT2D eigenvalue weighted by Gasteiger charge is -2.40. The number of rotatable bonds is 4. The number of nitrogens with one attached hydrogen (secondary N) is 1. The quantitative estimate of drug-likeness (QED) is 0.860. The number of unbranched alkanes of at least 4 members (excludes halogenated alkanes) is 1. The Labute approximate surface area is 144 Å². The lowest BCUT2D eigenvalue weighted by Crippen LogP contribution is -2.51. The number of amides is 2. The number of aryl methyl sites for hydroxylation is 1. The molecule has 1 N–H and O–H groups in total. The van der Waals surface area contributed by atoms with Gasteiger partial charge < -0.3 is 15.1 Å². The molecule has 6 heteroatoms. The zero-order chi connectivity index (χ0) is 17.2. The molecule has 1 unspecified atom stereocenters. The van der Waals surface area contributed by atoms with Gasteiger partial charge in [0.25, 0.3) is 0 Å². The first-order valence-electron chi connectivity index (χ1n) is 9.12. The molecule has 1 spiro atoms. The Balaban J connectivity index is 1.77. The average Bonchev–Trinajstić information content (AvgIpc) is 2.92. The van der Waals surface area contributed by atoms with Crippen LogP contribution in [0.3, 0.4) is 0 Å². The van der Waals surface area contributed by atoms with Crippen LogP contribution >= 0.6 is 0 Å². The van der Waals surface area contributed by atoms with Crippen LogP contribution in [0.5, 0.6) is 0 Å². The molecule has 1 aromatic heterocycles. The molecule has 1 aromatic rings. The van der Waals surface area contributed by atoms with Crippen molar-refractivity contribution in [2.24, 2.45) is 0 Å². The monoisotopic (exact) mass is 331 g/mol. The molecule has 24 heavy (non-hydrogen) atoms. The van der Waals surface area contributed by atoms with Gasteiger partial charge in [-0.1, -0.05) is 13.3 Å². The molecule has 0 radical (unpaired) electrons. The fourth-order valence-corrected chi connectivity index (χ4v) is 3.93. The molecule has 0 aromatic carbocycles. The molecule has 132 valence electrons. The van der Waals surface area contributed by atoms with E-state index in [1.807, 2.05) is 30.1 Å². The minimum atomic E-state index is 0.0172. The predicted octanol–water partition coefficient (Wildman–Crippen LogP) is 2.33. The largest absolute Gasteiger partial charge is 0.347 e. The Morgan fingerprint density at radius 1 is 1.42 bits per heavy atom. The molecule has 1 atom stereocenters. The highest BCUT2D eigenvalue weighted by Crippen LogP contribution is 2.44. The first-order chi connectivity index (χ1) is 11.6. The van der Waals surface area contributed by atoms with Gasteiger partial charge >= 0.3 is 6.03 Å². The van der Waals surface area contributed by atoms with Gasteiger partial charge in [-0.3, -0.25) is 0 Å². The van der Waals surface area contributed by atoms with Crippen molar-refractivity contribution >= 4 is 12.0 Å². The molecule has 2 aliphatic rings. The Hall–Kier alpha value is -1.85. The van der Waals surface area contributed by atoms with Gasteiger partial charge in [-0.05, 0) is 37.7 Å². The van der Waals surface area contributed by atoms with Crippen molar-refractivity contribution in [3.8, 4) is 0 Å². The van der Waals surface area contributed by atoms with Gasteiger partial charge in [0.1, 0.15) is 0 Å². The summed E-state index contributed by atoms with van der Waals surface area (Å²) in [5, 5.41) is 3.06. The summed E-state index contributed by atoms with van der Waals surface area (Å²) >= 11 is 0. The number of carbonyl (C=O) groups is 1. The standard InChI is InChI=1S/C18H29N5O/c1-4-5-10-19-17(24)23-11-6-8-18(13-23)9-7-14-12-20-16(22(2)3)21-15(14)18/h12H,4-11,13H2,1-3H3,(H,19,24). The van der Waals surface area contributed by atoms with Crippen molar-refractivity contribution in [2.45, 2.75) is 50.9 Å². The van der Waals surface area contributed by atoms with E-state index in [0.717, 1.165) is 64.1 Å². The topological polar surface area (TPSA) is 61.4 Å². The van der Waals surface area contributed by atoms with Crippen LogP contribution in [0, 0.1) is 0 Å². The summed E-state index contributed by atoms with van der Waals surface area (Å²) in [6.45, 7) is 4.53. The predicted molar refractivity (Wildman–Crippen MR) is 95.5 cm³/mol. The first-order valence-corrected chi connectivity index (χ1v) is 9.12. The van der Waals surface area contributed by atoms with Crippen molar-refractivity contribution in [3.63, 3.8) is 0 Å². The fraction of sp³-hybridized carbons (Fsp3) is 0.722. The van der Waals surface area contributed by atoms with Crippen molar-refractivity contribution in [2.75, 3.05) is 38.6 Å². The molecule has 6 nitrogen and oxygen atoms in total. The number of carbonyl (C=O) groups excluding carboxylic acids is 1. The number of nitrogens with zero attached hydrogens (tertiary/aromatic N) is 4. The number of aromatic nitrogens is 2. The van der Waals surface area contributed by atoms with E-state index in [9.17, 15) is 4.79 Å². The highest BCUT2D eigenvalue weighted by molar-refractivity contribution is 5.74. The average molecular weight is 331 g/mol. The van der Waals surface area contributed by atoms with Crippen LogP contribution in [0.2, 0.25) is 0 Å². The molecule has 3 rings (SSSR count). The smallest absolute Gasteiger partial charge is 0.317 e. The van der Waals surface area contributed by atoms with Crippen LogP contribution in [0.25, 0.3) is 0 Å².